The van der Waals surface area contributed by atoms with E-state index in [2.05, 4.69) is 26.1 Å². The molecule has 0 spiro atoms. The highest BCUT2D eigenvalue weighted by Crippen LogP contribution is 2.41. The zero-order chi connectivity index (χ0) is 14.3. The van der Waals surface area contributed by atoms with E-state index in [4.69, 9.17) is 19.7 Å². The lowest BCUT2D eigenvalue weighted by atomic mass is 10.1. The van der Waals surface area contributed by atoms with Crippen molar-refractivity contribution in [2.75, 3.05) is 6.79 Å². The quantitative estimate of drug-likeness (QED) is 0.925. The summed E-state index contributed by atoms with van der Waals surface area (Å²) < 4.78 is 16.7. The molecule has 0 aliphatic carbocycles. The molecule has 0 amide bonds. The highest BCUT2D eigenvalue weighted by molar-refractivity contribution is 9.10. The molecule has 1 aromatic carbocycles. The number of rotatable bonds is 3. The smallest absolute Gasteiger partial charge is 0.231 e. The largest absolute Gasteiger partial charge is 0.454 e. The Hall–Kier alpha value is -1.60. The summed E-state index contributed by atoms with van der Waals surface area (Å²) in [6.07, 6.45) is 0. The minimum atomic E-state index is -0.475. The van der Waals surface area contributed by atoms with Crippen molar-refractivity contribution in [3.63, 3.8) is 0 Å². The number of ether oxygens (including phenoxy) is 2. The number of aromatic nitrogens is 2. The van der Waals surface area contributed by atoms with E-state index in [0.29, 0.717) is 23.2 Å². The minimum absolute atomic E-state index is 0.173. The van der Waals surface area contributed by atoms with Gasteiger partial charge >= 0.3 is 0 Å². The van der Waals surface area contributed by atoms with Gasteiger partial charge in [-0.15, -0.1) is 0 Å². The van der Waals surface area contributed by atoms with Crippen LogP contribution in [0.4, 0.5) is 0 Å². The number of benzene rings is 1. The molecule has 20 heavy (non-hydrogen) atoms. The van der Waals surface area contributed by atoms with Crippen molar-refractivity contribution in [2.45, 2.75) is 25.8 Å². The third kappa shape index (κ3) is 2.27. The molecule has 2 N–H and O–H groups in total. The van der Waals surface area contributed by atoms with Crippen LogP contribution in [0.1, 0.15) is 43.1 Å². The average Bonchev–Trinajstić information content (AvgIpc) is 3.06. The van der Waals surface area contributed by atoms with E-state index in [1.54, 1.807) is 0 Å². The number of nitrogens with two attached hydrogens (primary N) is 1. The minimum Gasteiger partial charge on any atom is -0.454 e. The SMILES string of the molecule is CC(C)c1nc(C(N)c2cc(Br)c3c(c2)OCO3)no1. The van der Waals surface area contributed by atoms with Gasteiger partial charge in [-0.25, -0.2) is 0 Å². The van der Waals surface area contributed by atoms with Crippen molar-refractivity contribution in [3.05, 3.63) is 33.9 Å². The lowest BCUT2D eigenvalue weighted by molar-refractivity contribution is 0.173. The van der Waals surface area contributed by atoms with E-state index in [1.807, 2.05) is 26.0 Å². The molecular weight excluding hydrogens is 326 g/mol. The van der Waals surface area contributed by atoms with Crippen LogP contribution in [-0.2, 0) is 0 Å². The molecule has 0 radical (unpaired) electrons. The number of hydrogen-bond donors (Lipinski definition) is 1. The molecule has 1 aromatic heterocycles. The van der Waals surface area contributed by atoms with Crippen molar-refractivity contribution in [1.29, 1.82) is 0 Å². The lowest BCUT2D eigenvalue weighted by Crippen LogP contribution is -2.13. The van der Waals surface area contributed by atoms with Gasteiger partial charge in [0, 0.05) is 5.92 Å². The Balaban J connectivity index is 1.93. The van der Waals surface area contributed by atoms with Gasteiger partial charge in [0.25, 0.3) is 0 Å². The van der Waals surface area contributed by atoms with Crippen molar-refractivity contribution in [1.82, 2.24) is 10.1 Å². The molecule has 2 heterocycles. The van der Waals surface area contributed by atoms with Gasteiger partial charge in [-0.3, -0.25) is 0 Å². The van der Waals surface area contributed by atoms with Crippen molar-refractivity contribution < 1.29 is 14.0 Å². The van der Waals surface area contributed by atoms with Crippen molar-refractivity contribution in [2.24, 2.45) is 5.73 Å². The third-order valence-corrected chi connectivity index (χ3v) is 3.63. The van der Waals surface area contributed by atoms with Gasteiger partial charge in [0.2, 0.25) is 12.7 Å². The Labute approximate surface area is 124 Å². The Kier molecular flexibility index (Phi) is 3.39. The van der Waals surface area contributed by atoms with Gasteiger partial charge in [-0.05, 0) is 33.6 Å². The average molecular weight is 340 g/mol. The van der Waals surface area contributed by atoms with Gasteiger partial charge in [-0.2, -0.15) is 4.98 Å². The molecule has 1 aliphatic rings. The van der Waals surface area contributed by atoms with E-state index in [0.717, 1.165) is 10.0 Å². The highest BCUT2D eigenvalue weighted by atomic mass is 79.9. The normalized spacial score (nSPS) is 14.8. The molecule has 0 saturated heterocycles. The molecular formula is C13H14BrN3O3. The molecule has 6 nitrogen and oxygen atoms in total. The first-order valence-corrected chi connectivity index (χ1v) is 7.03. The van der Waals surface area contributed by atoms with Gasteiger partial charge < -0.3 is 19.7 Å². The van der Waals surface area contributed by atoms with Crippen LogP contribution in [0.5, 0.6) is 11.5 Å². The van der Waals surface area contributed by atoms with Gasteiger partial charge in [0.1, 0.15) is 0 Å². The molecule has 0 fully saturated rings. The molecule has 1 aliphatic heterocycles. The van der Waals surface area contributed by atoms with Gasteiger partial charge in [0.05, 0.1) is 10.5 Å². The van der Waals surface area contributed by atoms with Crippen LogP contribution in [-0.4, -0.2) is 16.9 Å². The Morgan fingerprint density at radius 1 is 1.30 bits per heavy atom. The van der Waals surface area contributed by atoms with Crippen LogP contribution in [0.2, 0.25) is 0 Å². The second kappa shape index (κ2) is 5.06. The lowest BCUT2D eigenvalue weighted by Gasteiger charge is -2.09. The van der Waals surface area contributed by atoms with Gasteiger partial charge in [0.15, 0.2) is 17.3 Å². The second-order valence-electron chi connectivity index (χ2n) is 4.86. The van der Waals surface area contributed by atoms with E-state index in [-0.39, 0.29) is 12.7 Å². The van der Waals surface area contributed by atoms with Crippen LogP contribution in [0.15, 0.2) is 21.1 Å². The summed E-state index contributed by atoms with van der Waals surface area (Å²) in [7, 11) is 0. The maximum Gasteiger partial charge on any atom is 0.231 e. The van der Waals surface area contributed by atoms with Crippen LogP contribution in [0.25, 0.3) is 0 Å². The standard InChI is InChI=1S/C13H14BrN3O3/c1-6(2)13-16-12(17-20-13)10(15)7-3-8(14)11-9(4-7)18-5-19-11/h3-4,6,10H,5,15H2,1-2H3. The fraction of sp³-hybridized carbons (Fsp3) is 0.385. The Morgan fingerprint density at radius 3 is 2.80 bits per heavy atom. The molecule has 2 aromatic rings. The summed E-state index contributed by atoms with van der Waals surface area (Å²) in [5, 5.41) is 3.94. The third-order valence-electron chi connectivity index (χ3n) is 3.04. The van der Waals surface area contributed by atoms with Crippen molar-refractivity contribution >= 4 is 15.9 Å². The molecule has 0 saturated carbocycles. The summed E-state index contributed by atoms with van der Waals surface area (Å²) in [6.45, 7) is 4.19. The summed E-state index contributed by atoms with van der Waals surface area (Å²) in [5.41, 5.74) is 7.02. The predicted molar refractivity (Wildman–Crippen MR) is 74.7 cm³/mol. The maximum atomic E-state index is 6.19. The van der Waals surface area contributed by atoms with Crippen molar-refractivity contribution in [3.8, 4) is 11.5 Å². The molecule has 1 atom stereocenters. The van der Waals surface area contributed by atoms with E-state index >= 15 is 0 Å². The zero-order valence-electron chi connectivity index (χ0n) is 11.1. The number of hydrogen-bond acceptors (Lipinski definition) is 6. The number of nitrogens with zero attached hydrogens (tertiary/aromatic N) is 2. The summed E-state index contributed by atoms with van der Waals surface area (Å²) in [6, 6.07) is 3.24. The first-order chi connectivity index (χ1) is 9.56. The summed E-state index contributed by atoms with van der Waals surface area (Å²) in [4.78, 5) is 4.32. The monoisotopic (exact) mass is 339 g/mol. The molecule has 7 heteroatoms. The number of fused-ring (bicyclic) bond motifs is 1. The van der Waals surface area contributed by atoms with Gasteiger partial charge in [-0.1, -0.05) is 19.0 Å². The first-order valence-electron chi connectivity index (χ1n) is 6.24. The van der Waals surface area contributed by atoms with E-state index < -0.39 is 6.04 Å². The summed E-state index contributed by atoms with van der Waals surface area (Å²) in [5.74, 6) is 2.57. The second-order valence-corrected chi connectivity index (χ2v) is 5.71. The predicted octanol–water partition coefficient (Wildman–Crippen LogP) is 2.73. The topological polar surface area (TPSA) is 83.4 Å². The molecule has 1 unspecified atom stereocenters. The number of halogens is 1. The first kappa shape index (κ1) is 13.4. The van der Waals surface area contributed by atoms with Crippen LogP contribution in [0.3, 0.4) is 0 Å². The fourth-order valence-electron chi connectivity index (χ4n) is 1.92. The maximum absolute atomic E-state index is 6.19. The Morgan fingerprint density at radius 2 is 2.10 bits per heavy atom. The van der Waals surface area contributed by atoms with Crippen LogP contribution < -0.4 is 15.2 Å². The molecule has 3 rings (SSSR count). The van der Waals surface area contributed by atoms with E-state index in [9.17, 15) is 0 Å². The van der Waals surface area contributed by atoms with Crippen LogP contribution >= 0.6 is 15.9 Å². The zero-order valence-corrected chi connectivity index (χ0v) is 12.7. The van der Waals surface area contributed by atoms with E-state index in [1.165, 1.54) is 0 Å². The summed E-state index contributed by atoms with van der Waals surface area (Å²) >= 11 is 3.44. The Bertz CT molecular complexity index is 642. The fourth-order valence-corrected chi connectivity index (χ4v) is 2.50. The highest BCUT2D eigenvalue weighted by Gasteiger charge is 2.23. The van der Waals surface area contributed by atoms with Crippen LogP contribution in [0, 0.1) is 0 Å². The molecule has 106 valence electrons. The molecule has 0 bridgehead atoms.